The molecule has 0 amide bonds. The maximum absolute atomic E-state index is 5.67. The van der Waals surface area contributed by atoms with Crippen molar-refractivity contribution < 1.29 is 0 Å². The van der Waals surface area contributed by atoms with Gasteiger partial charge in [-0.1, -0.05) is 0 Å². The van der Waals surface area contributed by atoms with Crippen LogP contribution >= 0.6 is 0 Å². The molecule has 0 spiro atoms. The van der Waals surface area contributed by atoms with Crippen LogP contribution in [0.15, 0.2) is 0 Å². The summed E-state index contributed by atoms with van der Waals surface area (Å²) in [6.07, 6.45) is 0. The average molecular weight is 157 g/mol. The lowest BCUT2D eigenvalue weighted by Crippen LogP contribution is -2.59. The zero-order valence-corrected chi connectivity index (χ0v) is 7.75. The van der Waals surface area contributed by atoms with E-state index in [4.69, 9.17) is 5.73 Å². The molecule has 0 bridgehead atoms. The molecule has 0 aromatic rings. The highest BCUT2D eigenvalue weighted by Gasteiger charge is 2.27. The molecular formula is C8H19N3. The Morgan fingerprint density at radius 1 is 1.55 bits per heavy atom. The molecule has 0 aliphatic carbocycles. The van der Waals surface area contributed by atoms with Crippen molar-refractivity contribution in [3.63, 3.8) is 0 Å². The highest BCUT2D eigenvalue weighted by molar-refractivity contribution is 4.86. The molecule has 3 nitrogen and oxygen atoms in total. The number of hydrogen-bond acceptors (Lipinski definition) is 3. The second-order valence-electron chi connectivity index (χ2n) is 3.81. The molecule has 0 aromatic heterocycles. The van der Waals surface area contributed by atoms with E-state index in [1.54, 1.807) is 0 Å². The summed E-state index contributed by atoms with van der Waals surface area (Å²) in [5.41, 5.74) is 5.67. The monoisotopic (exact) mass is 157 g/mol. The highest BCUT2D eigenvalue weighted by Crippen LogP contribution is 2.11. The minimum absolute atomic E-state index is 0.318. The van der Waals surface area contributed by atoms with Gasteiger partial charge in [0.15, 0.2) is 0 Å². The van der Waals surface area contributed by atoms with Gasteiger partial charge in [-0.15, -0.1) is 0 Å². The molecule has 1 aliphatic rings. The van der Waals surface area contributed by atoms with E-state index in [0.29, 0.717) is 6.04 Å². The molecule has 0 aromatic carbocycles. The Hall–Kier alpha value is -0.120. The van der Waals surface area contributed by atoms with Gasteiger partial charge < -0.3 is 10.6 Å². The lowest BCUT2D eigenvalue weighted by atomic mass is 10.1. The van der Waals surface area contributed by atoms with Gasteiger partial charge in [-0.25, -0.2) is 0 Å². The van der Waals surface area contributed by atoms with Crippen molar-refractivity contribution in [1.29, 1.82) is 0 Å². The molecule has 11 heavy (non-hydrogen) atoms. The Labute approximate surface area is 69.1 Å². The zero-order chi connectivity index (χ0) is 8.43. The summed E-state index contributed by atoms with van der Waals surface area (Å²) in [5.74, 6) is 0. The van der Waals surface area contributed by atoms with Gasteiger partial charge in [-0.2, -0.15) is 0 Å². The summed E-state index contributed by atoms with van der Waals surface area (Å²) in [6.45, 7) is 5.48. The van der Waals surface area contributed by atoms with E-state index < -0.39 is 0 Å². The Morgan fingerprint density at radius 3 is 2.45 bits per heavy atom. The molecule has 1 saturated heterocycles. The average Bonchev–Trinajstić information content (AvgIpc) is 1.75. The molecule has 1 atom stereocenters. The molecule has 3 heteroatoms. The van der Waals surface area contributed by atoms with Crippen molar-refractivity contribution in [2.75, 3.05) is 33.7 Å². The number of likely N-dealkylation sites (N-methyl/N-ethyl adjacent to an activating group) is 1. The summed E-state index contributed by atoms with van der Waals surface area (Å²) in [7, 11) is 4.27. The Bertz CT molecular complexity index is 117. The smallest absolute Gasteiger partial charge is 0.0344 e. The molecule has 1 unspecified atom stereocenters. The van der Waals surface area contributed by atoms with Crippen LogP contribution in [0.3, 0.4) is 0 Å². The largest absolute Gasteiger partial charge is 0.327 e. The first-order valence-corrected chi connectivity index (χ1v) is 4.24. The van der Waals surface area contributed by atoms with Crippen LogP contribution in [0.25, 0.3) is 0 Å². The fraction of sp³-hybridized carbons (Fsp3) is 1.00. The number of nitrogens with two attached hydrogens (primary N) is 1. The molecule has 1 aliphatic heterocycles. The summed E-state index contributed by atoms with van der Waals surface area (Å²) >= 11 is 0. The first-order chi connectivity index (χ1) is 5.09. The SMILES string of the molecule is CC(N)CN1CC(N(C)C)C1. The lowest BCUT2D eigenvalue weighted by Gasteiger charge is -2.43. The van der Waals surface area contributed by atoms with E-state index in [1.807, 2.05) is 0 Å². The number of likely N-dealkylation sites (tertiary alicyclic amines) is 1. The van der Waals surface area contributed by atoms with Crippen molar-refractivity contribution in [1.82, 2.24) is 9.80 Å². The van der Waals surface area contributed by atoms with Gasteiger partial charge in [0, 0.05) is 31.7 Å². The van der Waals surface area contributed by atoms with Gasteiger partial charge in [-0.05, 0) is 21.0 Å². The molecule has 0 radical (unpaired) electrons. The van der Waals surface area contributed by atoms with Crippen LogP contribution in [-0.2, 0) is 0 Å². The summed E-state index contributed by atoms with van der Waals surface area (Å²) in [5, 5.41) is 0. The van der Waals surface area contributed by atoms with E-state index in [9.17, 15) is 0 Å². The third kappa shape index (κ3) is 2.43. The fourth-order valence-corrected chi connectivity index (χ4v) is 1.43. The van der Waals surface area contributed by atoms with Gasteiger partial charge in [-0.3, -0.25) is 4.90 Å². The van der Waals surface area contributed by atoms with E-state index in [2.05, 4.69) is 30.8 Å². The first-order valence-electron chi connectivity index (χ1n) is 4.24. The quantitative estimate of drug-likeness (QED) is 0.604. The van der Waals surface area contributed by atoms with Gasteiger partial charge in [0.1, 0.15) is 0 Å². The van der Waals surface area contributed by atoms with Gasteiger partial charge in [0.2, 0.25) is 0 Å². The summed E-state index contributed by atoms with van der Waals surface area (Å²) in [6, 6.07) is 1.08. The van der Waals surface area contributed by atoms with Crippen LogP contribution in [0.1, 0.15) is 6.92 Å². The van der Waals surface area contributed by atoms with Gasteiger partial charge in [0.25, 0.3) is 0 Å². The number of nitrogens with zero attached hydrogens (tertiary/aromatic N) is 2. The molecular weight excluding hydrogens is 138 g/mol. The molecule has 2 N–H and O–H groups in total. The van der Waals surface area contributed by atoms with Crippen molar-refractivity contribution in [3.8, 4) is 0 Å². The van der Waals surface area contributed by atoms with Crippen LogP contribution in [0.4, 0.5) is 0 Å². The van der Waals surface area contributed by atoms with Crippen LogP contribution in [-0.4, -0.2) is 55.6 Å². The van der Waals surface area contributed by atoms with Crippen molar-refractivity contribution in [2.24, 2.45) is 5.73 Å². The van der Waals surface area contributed by atoms with Crippen LogP contribution in [0, 0.1) is 0 Å². The van der Waals surface area contributed by atoms with Crippen molar-refractivity contribution in [2.45, 2.75) is 19.0 Å². The van der Waals surface area contributed by atoms with Crippen LogP contribution in [0.2, 0.25) is 0 Å². The van der Waals surface area contributed by atoms with E-state index in [0.717, 1.165) is 12.6 Å². The number of rotatable bonds is 3. The maximum Gasteiger partial charge on any atom is 0.0344 e. The molecule has 1 rings (SSSR count). The second kappa shape index (κ2) is 3.52. The normalized spacial score (nSPS) is 23.7. The Kier molecular flexibility index (Phi) is 2.87. The molecule has 1 fully saturated rings. The molecule has 1 heterocycles. The van der Waals surface area contributed by atoms with Crippen LogP contribution < -0.4 is 5.73 Å². The minimum Gasteiger partial charge on any atom is -0.327 e. The first kappa shape index (κ1) is 8.97. The van der Waals surface area contributed by atoms with Crippen LogP contribution in [0.5, 0.6) is 0 Å². The van der Waals surface area contributed by atoms with Crippen molar-refractivity contribution >= 4 is 0 Å². The fourth-order valence-electron chi connectivity index (χ4n) is 1.43. The minimum atomic E-state index is 0.318. The molecule has 0 saturated carbocycles. The summed E-state index contributed by atoms with van der Waals surface area (Å²) in [4.78, 5) is 4.67. The summed E-state index contributed by atoms with van der Waals surface area (Å²) < 4.78 is 0. The molecule has 66 valence electrons. The topological polar surface area (TPSA) is 32.5 Å². The van der Waals surface area contributed by atoms with Gasteiger partial charge in [0.05, 0.1) is 0 Å². The maximum atomic E-state index is 5.67. The highest BCUT2D eigenvalue weighted by atomic mass is 15.3. The predicted octanol–water partition coefficient (Wildman–Crippen LogP) is -0.421. The third-order valence-electron chi connectivity index (χ3n) is 2.21. The standard InChI is InChI=1S/C8H19N3/c1-7(9)4-11-5-8(6-11)10(2)3/h7-8H,4-6,9H2,1-3H3. The Morgan fingerprint density at radius 2 is 2.09 bits per heavy atom. The second-order valence-corrected chi connectivity index (χ2v) is 3.81. The van der Waals surface area contributed by atoms with E-state index in [1.165, 1.54) is 13.1 Å². The van der Waals surface area contributed by atoms with E-state index >= 15 is 0 Å². The lowest BCUT2D eigenvalue weighted by molar-refractivity contribution is 0.0603. The predicted molar refractivity (Wildman–Crippen MR) is 47.6 cm³/mol. The van der Waals surface area contributed by atoms with E-state index in [-0.39, 0.29) is 0 Å². The van der Waals surface area contributed by atoms with Crippen molar-refractivity contribution in [3.05, 3.63) is 0 Å². The Balaban J connectivity index is 2.09. The number of hydrogen-bond donors (Lipinski definition) is 1. The van der Waals surface area contributed by atoms with Gasteiger partial charge >= 0.3 is 0 Å². The zero-order valence-electron chi connectivity index (χ0n) is 7.75. The third-order valence-corrected chi connectivity index (χ3v) is 2.21.